The van der Waals surface area contributed by atoms with Crippen molar-refractivity contribution in [1.82, 2.24) is 10.3 Å². The van der Waals surface area contributed by atoms with Gasteiger partial charge in [-0.15, -0.1) is 0 Å². The predicted octanol–water partition coefficient (Wildman–Crippen LogP) is 2.85. The van der Waals surface area contributed by atoms with Crippen LogP contribution in [0.5, 0.6) is 5.75 Å². The average Bonchev–Trinajstić information content (AvgIpc) is 2.53. The molecule has 0 radical (unpaired) electrons. The quantitative estimate of drug-likeness (QED) is 0.840. The van der Waals surface area contributed by atoms with Crippen LogP contribution in [0, 0.1) is 0 Å². The van der Waals surface area contributed by atoms with Gasteiger partial charge < -0.3 is 10.1 Å². The Hall–Kier alpha value is -1.87. The molecule has 1 aromatic carbocycles. The topological polar surface area (TPSA) is 34.1 Å². The summed E-state index contributed by atoms with van der Waals surface area (Å²) in [5, 5.41) is 3.39. The highest BCUT2D eigenvalue weighted by molar-refractivity contribution is 5.27. The number of pyridine rings is 1. The molecule has 1 aromatic heterocycles. The Bertz CT molecular complexity index is 496. The van der Waals surface area contributed by atoms with E-state index in [0.29, 0.717) is 6.04 Å². The zero-order valence-corrected chi connectivity index (χ0v) is 12.2. The SMILES string of the molecule is CNC(CCc1ccc(OC)cc1)Cc1cccnc1. The molecule has 2 aromatic rings. The third-order valence-electron chi connectivity index (χ3n) is 3.55. The molecule has 106 valence electrons. The van der Waals surface area contributed by atoms with Crippen LogP contribution in [0.4, 0.5) is 0 Å². The molecule has 1 unspecified atom stereocenters. The van der Waals surface area contributed by atoms with E-state index in [1.54, 1.807) is 7.11 Å². The largest absolute Gasteiger partial charge is 0.497 e. The van der Waals surface area contributed by atoms with Crippen LogP contribution in [0.25, 0.3) is 0 Å². The van der Waals surface area contributed by atoms with Crippen molar-refractivity contribution in [2.75, 3.05) is 14.2 Å². The molecule has 0 amide bonds. The number of likely N-dealkylation sites (N-methyl/N-ethyl adjacent to an activating group) is 1. The molecule has 0 aliphatic heterocycles. The molecule has 0 saturated carbocycles. The Morgan fingerprint density at radius 2 is 1.95 bits per heavy atom. The Labute approximate surface area is 121 Å². The number of hydrogen-bond acceptors (Lipinski definition) is 3. The van der Waals surface area contributed by atoms with Crippen molar-refractivity contribution in [2.45, 2.75) is 25.3 Å². The third-order valence-corrected chi connectivity index (χ3v) is 3.55. The number of nitrogens with one attached hydrogen (secondary N) is 1. The maximum atomic E-state index is 5.18. The van der Waals surface area contributed by atoms with Crippen LogP contribution in [-0.2, 0) is 12.8 Å². The number of benzene rings is 1. The van der Waals surface area contributed by atoms with Crippen molar-refractivity contribution in [2.24, 2.45) is 0 Å². The summed E-state index contributed by atoms with van der Waals surface area (Å²) in [6.45, 7) is 0. The highest BCUT2D eigenvalue weighted by Gasteiger charge is 2.07. The minimum atomic E-state index is 0.473. The van der Waals surface area contributed by atoms with Crippen molar-refractivity contribution in [1.29, 1.82) is 0 Å². The number of nitrogens with zero attached hydrogens (tertiary/aromatic N) is 1. The van der Waals surface area contributed by atoms with Crippen LogP contribution in [0.1, 0.15) is 17.5 Å². The van der Waals surface area contributed by atoms with Gasteiger partial charge in [-0.05, 0) is 55.6 Å². The van der Waals surface area contributed by atoms with Crippen molar-refractivity contribution >= 4 is 0 Å². The standard InChI is InChI=1S/C17H22N2O/c1-18-16(12-15-4-3-11-19-13-15)8-5-14-6-9-17(20-2)10-7-14/h3-4,6-7,9-11,13,16,18H,5,8,12H2,1-2H3. The molecule has 1 atom stereocenters. The lowest BCUT2D eigenvalue weighted by molar-refractivity contribution is 0.414. The van der Waals surface area contributed by atoms with Crippen molar-refractivity contribution < 1.29 is 4.74 Å². The van der Waals surface area contributed by atoms with Crippen LogP contribution in [0.2, 0.25) is 0 Å². The molecule has 0 spiro atoms. The monoisotopic (exact) mass is 270 g/mol. The van der Waals surface area contributed by atoms with Gasteiger partial charge in [-0.2, -0.15) is 0 Å². The van der Waals surface area contributed by atoms with Gasteiger partial charge in [0.2, 0.25) is 0 Å². The van der Waals surface area contributed by atoms with E-state index in [1.807, 2.05) is 37.6 Å². The summed E-state index contributed by atoms with van der Waals surface area (Å²) in [7, 11) is 3.72. The molecule has 0 bridgehead atoms. The van der Waals surface area contributed by atoms with E-state index in [0.717, 1.165) is 25.0 Å². The summed E-state index contributed by atoms with van der Waals surface area (Å²) in [5.41, 5.74) is 2.62. The maximum absolute atomic E-state index is 5.18. The van der Waals surface area contributed by atoms with E-state index in [-0.39, 0.29) is 0 Å². The molecule has 1 heterocycles. The molecular formula is C17H22N2O. The zero-order valence-electron chi connectivity index (χ0n) is 12.2. The molecule has 0 saturated heterocycles. The molecule has 2 rings (SSSR count). The number of rotatable bonds is 7. The van der Waals surface area contributed by atoms with E-state index < -0.39 is 0 Å². The summed E-state index contributed by atoms with van der Waals surface area (Å²) in [6.07, 6.45) is 6.95. The molecule has 0 aliphatic rings. The van der Waals surface area contributed by atoms with Gasteiger partial charge in [-0.25, -0.2) is 0 Å². The highest BCUT2D eigenvalue weighted by Crippen LogP contribution is 2.14. The van der Waals surface area contributed by atoms with Crippen molar-refractivity contribution in [3.05, 3.63) is 59.9 Å². The smallest absolute Gasteiger partial charge is 0.118 e. The van der Waals surface area contributed by atoms with E-state index in [2.05, 4.69) is 28.5 Å². The first-order valence-corrected chi connectivity index (χ1v) is 7.01. The second-order valence-corrected chi connectivity index (χ2v) is 4.94. The van der Waals surface area contributed by atoms with E-state index >= 15 is 0 Å². The van der Waals surface area contributed by atoms with Gasteiger partial charge in [0, 0.05) is 18.4 Å². The van der Waals surface area contributed by atoms with Crippen molar-refractivity contribution in [3.8, 4) is 5.75 Å². The van der Waals surface area contributed by atoms with Crippen LogP contribution < -0.4 is 10.1 Å². The molecule has 0 aliphatic carbocycles. The van der Waals surface area contributed by atoms with Crippen LogP contribution in [-0.4, -0.2) is 25.2 Å². The lowest BCUT2D eigenvalue weighted by Gasteiger charge is -2.16. The van der Waals surface area contributed by atoms with E-state index in [4.69, 9.17) is 4.74 Å². The Morgan fingerprint density at radius 1 is 1.15 bits per heavy atom. The van der Waals surface area contributed by atoms with Gasteiger partial charge in [0.15, 0.2) is 0 Å². The predicted molar refractivity (Wildman–Crippen MR) is 82.1 cm³/mol. The maximum Gasteiger partial charge on any atom is 0.118 e. The molecular weight excluding hydrogens is 248 g/mol. The highest BCUT2D eigenvalue weighted by atomic mass is 16.5. The lowest BCUT2D eigenvalue weighted by atomic mass is 10.00. The number of aryl methyl sites for hydroxylation is 1. The number of ether oxygens (including phenoxy) is 1. The van der Waals surface area contributed by atoms with Gasteiger partial charge in [0.1, 0.15) is 5.75 Å². The fourth-order valence-electron chi connectivity index (χ4n) is 2.28. The van der Waals surface area contributed by atoms with Crippen LogP contribution >= 0.6 is 0 Å². The Kier molecular flexibility index (Phi) is 5.56. The third kappa shape index (κ3) is 4.35. The fraction of sp³-hybridized carbons (Fsp3) is 0.353. The summed E-state index contributed by atoms with van der Waals surface area (Å²) in [5.74, 6) is 0.911. The van der Waals surface area contributed by atoms with Crippen LogP contribution in [0.15, 0.2) is 48.8 Å². The van der Waals surface area contributed by atoms with Crippen molar-refractivity contribution in [3.63, 3.8) is 0 Å². The zero-order chi connectivity index (χ0) is 14.2. The van der Waals surface area contributed by atoms with Gasteiger partial charge in [0.05, 0.1) is 7.11 Å². The first-order chi connectivity index (χ1) is 9.81. The Morgan fingerprint density at radius 3 is 2.55 bits per heavy atom. The normalized spacial score (nSPS) is 12.1. The first kappa shape index (κ1) is 14.5. The Balaban J connectivity index is 1.86. The minimum Gasteiger partial charge on any atom is -0.497 e. The molecule has 0 fully saturated rings. The molecule has 20 heavy (non-hydrogen) atoms. The summed E-state index contributed by atoms with van der Waals surface area (Å²) < 4.78 is 5.18. The minimum absolute atomic E-state index is 0.473. The number of aromatic nitrogens is 1. The van der Waals surface area contributed by atoms with Gasteiger partial charge >= 0.3 is 0 Å². The van der Waals surface area contributed by atoms with Gasteiger partial charge in [0.25, 0.3) is 0 Å². The number of methoxy groups -OCH3 is 1. The molecule has 1 N–H and O–H groups in total. The van der Waals surface area contributed by atoms with Gasteiger partial charge in [-0.3, -0.25) is 4.98 Å². The van der Waals surface area contributed by atoms with E-state index in [9.17, 15) is 0 Å². The number of hydrogen-bond donors (Lipinski definition) is 1. The second kappa shape index (κ2) is 7.65. The molecule has 3 nitrogen and oxygen atoms in total. The first-order valence-electron chi connectivity index (χ1n) is 7.01. The van der Waals surface area contributed by atoms with Crippen LogP contribution in [0.3, 0.4) is 0 Å². The summed E-state index contributed by atoms with van der Waals surface area (Å²) >= 11 is 0. The fourth-order valence-corrected chi connectivity index (χ4v) is 2.28. The lowest BCUT2D eigenvalue weighted by Crippen LogP contribution is -2.28. The summed E-state index contributed by atoms with van der Waals surface area (Å²) in [4.78, 5) is 4.17. The van der Waals surface area contributed by atoms with Gasteiger partial charge in [-0.1, -0.05) is 18.2 Å². The van der Waals surface area contributed by atoms with E-state index in [1.165, 1.54) is 11.1 Å². The average molecular weight is 270 g/mol. The molecule has 3 heteroatoms. The second-order valence-electron chi connectivity index (χ2n) is 4.94. The summed E-state index contributed by atoms with van der Waals surface area (Å²) in [6, 6.07) is 12.9.